The summed E-state index contributed by atoms with van der Waals surface area (Å²) in [4.78, 5) is 37.9. The van der Waals surface area contributed by atoms with Crippen LogP contribution in [0.15, 0.2) is 18.2 Å². The van der Waals surface area contributed by atoms with E-state index >= 15 is 0 Å². The third-order valence-corrected chi connectivity index (χ3v) is 4.97. The number of nitrogens with one attached hydrogen (secondary N) is 1. The molecule has 134 valence electrons. The fourth-order valence-corrected chi connectivity index (χ4v) is 3.53. The first-order valence-electron chi connectivity index (χ1n) is 8.90. The molecular weight excluding hydrogens is 320 g/mol. The Kier molecular flexibility index (Phi) is 5.18. The Morgan fingerprint density at radius 3 is 2.56 bits per heavy atom. The Morgan fingerprint density at radius 1 is 1.16 bits per heavy atom. The van der Waals surface area contributed by atoms with Crippen LogP contribution in [-0.4, -0.2) is 46.4 Å². The summed E-state index contributed by atoms with van der Waals surface area (Å²) in [6.07, 6.45) is 3.52. The molecule has 6 heteroatoms. The summed E-state index contributed by atoms with van der Waals surface area (Å²) in [7, 11) is 0. The maximum absolute atomic E-state index is 12.4. The molecule has 0 bridgehead atoms. The molecule has 0 radical (unpaired) electrons. The van der Waals surface area contributed by atoms with Crippen molar-refractivity contribution in [3.63, 3.8) is 0 Å². The van der Waals surface area contributed by atoms with E-state index in [1.54, 1.807) is 12.1 Å². The minimum absolute atomic E-state index is 0.0613. The van der Waals surface area contributed by atoms with E-state index in [0.717, 1.165) is 31.2 Å². The van der Waals surface area contributed by atoms with Crippen LogP contribution in [0.1, 0.15) is 64.8 Å². The van der Waals surface area contributed by atoms with Crippen molar-refractivity contribution in [1.82, 2.24) is 10.2 Å². The molecular formula is C19H24N2O4. The van der Waals surface area contributed by atoms with E-state index in [2.05, 4.69) is 5.32 Å². The fourth-order valence-electron chi connectivity index (χ4n) is 3.53. The zero-order valence-electron chi connectivity index (χ0n) is 14.5. The number of aliphatic hydroxyl groups is 1. The van der Waals surface area contributed by atoms with E-state index in [0.29, 0.717) is 17.5 Å². The summed E-state index contributed by atoms with van der Waals surface area (Å²) >= 11 is 0. The monoisotopic (exact) mass is 344 g/mol. The van der Waals surface area contributed by atoms with Gasteiger partial charge in [-0.15, -0.1) is 0 Å². The van der Waals surface area contributed by atoms with Gasteiger partial charge in [-0.1, -0.05) is 11.6 Å². The average molecular weight is 344 g/mol. The molecule has 0 saturated heterocycles. The number of fused-ring (bicyclic) bond motifs is 1. The highest BCUT2D eigenvalue weighted by molar-refractivity contribution is 6.21. The van der Waals surface area contributed by atoms with Crippen molar-refractivity contribution in [3.05, 3.63) is 34.9 Å². The van der Waals surface area contributed by atoms with Crippen molar-refractivity contribution in [3.8, 4) is 0 Å². The van der Waals surface area contributed by atoms with Crippen LogP contribution in [-0.2, 0) is 4.79 Å². The van der Waals surface area contributed by atoms with Gasteiger partial charge in [-0.25, -0.2) is 0 Å². The zero-order chi connectivity index (χ0) is 18.0. The Hall–Kier alpha value is -2.21. The molecule has 1 aliphatic carbocycles. The normalized spacial score (nSPS) is 22.9. The van der Waals surface area contributed by atoms with E-state index in [9.17, 15) is 19.5 Å². The lowest BCUT2D eigenvalue weighted by Gasteiger charge is -2.26. The Morgan fingerprint density at radius 2 is 1.84 bits per heavy atom. The minimum Gasteiger partial charge on any atom is -0.393 e. The number of aryl methyl sites for hydroxylation is 1. The summed E-state index contributed by atoms with van der Waals surface area (Å²) in [5.74, 6) is -0.610. The summed E-state index contributed by atoms with van der Waals surface area (Å²) < 4.78 is 0. The molecule has 2 aliphatic rings. The van der Waals surface area contributed by atoms with E-state index in [4.69, 9.17) is 0 Å². The molecule has 0 spiro atoms. The predicted molar refractivity (Wildman–Crippen MR) is 92.2 cm³/mol. The number of imide groups is 1. The van der Waals surface area contributed by atoms with Crippen LogP contribution in [0, 0.1) is 6.92 Å². The smallest absolute Gasteiger partial charge is 0.261 e. The molecule has 0 aromatic heterocycles. The zero-order valence-corrected chi connectivity index (χ0v) is 14.5. The van der Waals surface area contributed by atoms with Gasteiger partial charge in [0.1, 0.15) is 0 Å². The molecule has 25 heavy (non-hydrogen) atoms. The van der Waals surface area contributed by atoms with Crippen LogP contribution in [0.5, 0.6) is 0 Å². The van der Waals surface area contributed by atoms with Gasteiger partial charge >= 0.3 is 0 Å². The van der Waals surface area contributed by atoms with Crippen LogP contribution < -0.4 is 5.32 Å². The third kappa shape index (κ3) is 3.90. The highest BCUT2D eigenvalue weighted by Gasteiger charge is 2.35. The van der Waals surface area contributed by atoms with Crippen LogP contribution in [0.4, 0.5) is 0 Å². The molecule has 0 unspecified atom stereocenters. The molecule has 1 heterocycles. The van der Waals surface area contributed by atoms with Crippen LogP contribution in [0.2, 0.25) is 0 Å². The van der Waals surface area contributed by atoms with Gasteiger partial charge in [-0.3, -0.25) is 19.3 Å². The van der Waals surface area contributed by atoms with Gasteiger partial charge in [-0.05, 0) is 51.2 Å². The number of rotatable bonds is 5. The highest BCUT2D eigenvalue weighted by Crippen LogP contribution is 2.24. The maximum Gasteiger partial charge on any atom is 0.261 e. The molecule has 2 N–H and O–H groups in total. The Balaban J connectivity index is 1.47. The highest BCUT2D eigenvalue weighted by atomic mass is 16.3. The molecule has 3 amide bonds. The molecule has 1 aromatic carbocycles. The average Bonchev–Trinajstić information content (AvgIpc) is 2.81. The number of nitrogens with zero attached hydrogens (tertiary/aromatic N) is 1. The van der Waals surface area contributed by atoms with Crippen molar-refractivity contribution in [1.29, 1.82) is 0 Å². The number of amides is 3. The number of hydrogen-bond acceptors (Lipinski definition) is 4. The van der Waals surface area contributed by atoms with Gasteiger partial charge in [0.25, 0.3) is 11.8 Å². The van der Waals surface area contributed by atoms with Gasteiger partial charge in [-0.2, -0.15) is 0 Å². The second kappa shape index (κ2) is 7.35. The lowest BCUT2D eigenvalue weighted by Crippen LogP contribution is -2.39. The second-order valence-corrected chi connectivity index (χ2v) is 6.99. The van der Waals surface area contributed by atoms with Crippen molar-refractivity contribution in [2.24, 2.45) is 0 Å². The van der Waals surface area contributed by atoms with Crippen molar-refractivity contribution in [2.75, 3.05) is 6.54 Å². The van der Waals surface area contributed by atoms with Crippen LogP contribution in [0.25, 0.3) is 0 Å². The topological polar surface area (TPSA) is 86.7 Å². The van der Waals surface area contributed by atoms with Crippen LogP contribution >= 0.6 is 0 Å². The van der Waals surface area contributed by atoms with E-state index in [1.807, 2.05) is 13.0 Å². The lowest BCUT2D eigenvalue weighted by molar-refractivity contribution is -0.122. The lowest BCUT2D eigenvalue weighted by atomic mass is 9.93. The summed E-state index contributed by atoms with van der Waals surface area (Å²) in [5.41, 5.74) is 1.84. The molecule has 1 fully saturated rings. The van der Waals surface area contributed by atoms with Crippen molar-refractivity contribution < 1.29 is 19.5 Å². The van der Waals surface area contributed by atoms with Gasteiger partial charge in [0.2, 0.25) is 5.91 Å². The minimum atomic E-state index is -0.276. The third-order valence-electron chi connectivity index (χ3n) is 4.97. The van der Waals surface area contributed by atoms with E-state index in [1.165, 1.54) is 4.90 Å². The van der Waals surface area contributed by atoms with E-state index < -0.39 is 0 Å². The molecule has 1 aromatic rings. The number of hydrogen-bond donors (Lipinski definition) is 2. The SMILES string of the molecule is Cc1ccc2c(c1)C(=O)N(CCCC(=O)NC1CCC(O)CC1)C2=O. The maximum atomic E-state index is 12.4. The van der Waals surface area contributed by atoms with Gasteiger partial charge < -0.3 is 10.4 Å². The van der Waals surface area contributed by atoms with Crippen molar-refractivity contribution >= 4 is 17.7 Å². The summed E-state index contributed by atoms with van der Waals surface area (Å²) in [6.45, 7) is 2.14. The quantitative estimate of drug-likeness (QED) is 0.797. The largest absolute Gasteiger partial charge is 0.393 e. The Bertz CT molecular complexity index is 693. The first-order chi connectivity index (χ1) is 12.0. The molecule has 1 aliphatic heterocycles. The summed E-state index contributed by atoms with van der Waals surface area (Å²) in [6, 6.07) is 5.37. The van der Waals surface area contributed by atoms with Crippen LogP contribution in [0.3, 0.4) is 0 Å². The van der Waals surface area contributed by atoms with Gasteiger partial charge in [0, 0.05) is 19.0 Å². The predicted octanol–water partition coefficient (Wildman–Crippen LogP) is 1.79. The number of benzene rings is 1. The second-order valence-electron chi connectivity index (χ2n) is 6.99. The van der Waals surface area contributed by atoms with Gasteiger partial charge in [0.05, 0.1) is 17.2 Å². The molecule has 6 nitrogen and oxygen atoms in total. The Labute approximate surface area is 147 Å². The molecule has 3 rings (SSSR count). The number of carbonyl (C=O) groups is 3. The standard InChI is InChI=1S/C19H24N2O4/c1-12-4-9-15-16(11-12)19(25)21(18(15)24)10-2-3-17(23)20-13-5-7-14(22)8-6-13/h4,9,11,13-14,22H,2-3,5-8,10H2,1H3,(H,20,23). The van der Waals surface area contributed by atoms with E-state index in [-0.39, 0.29) is 42.8 Å². The van der Waals surface area contributed by atoms with Gasteiger partial charge in [0.15, 0.2) is 0 Å². The summed E-state index contributed by atoms with van der Waals surface area (Å²) in [5, 5.41) is 12.5. The molecule has 1 saturated carbocycles. The van der Waals surface area contributed by atoms with Crippen molar-refractivity contribution in [2.45, 2.75) is 57.6 Å². The number of aliphatic hydroxyl groups excluding tert-OH is 1. The first-order valence-corrected chi connectivity index (χ1v) is 8.90. The number of carbonyl (C=O) groups excluding carboxylic acids is 3. The fraction of sp³-hybridized carbons (Fsp3) is 0.526. The molecule has 0 atom stereocenters. The first kappa shape index (κ1) is 17.6.